The van der Waals surface area contributed by atoms with Crippen molar-refractivity contribution < 1.29 is 9.53 Å². The molecule has 0 N–H and O–H groups in total. The molecule has 136 valence electrons. The molecule has 1 aliphatic rings. The standard InChI is InChI=1S/C22H31NO2/c1-4-5-6-7-8-9-10-12-15-18(2)22(3)21(24)25-20(23-22)19-16-13-11-14-17-19/h11-18H,4-10H2,1-3H3/b15-12+/t18?,22-/m1/s1. The minimum absolute atomic E-state index is 0.0151. The van der Waals surface area contributed by atoms with E-state index in [9.17, 15) is 4.79 Å². The number of carbonyl (C=O) groups excluding carboxylic acids is 1. The highest BCUT2D eigenvalue weighted by Crippen LogP contribution is 2.31. The molecular weight excluding hydrogens is 310 g/mol. The molecule has 1 heterocycles. The van der Waals surface area contributed by atoms with Crippen molar-refractivity contribution in [2.24, 2.45) is 10.9 Å². The molecule has 1 aliphatic heterocycles. The van der Waals surface area contributed by atoms with Crippen LogP contribution in [0.4, 0.5) is 0 Å². The van der Waals surface area contributed by atoms with Gasteiger partial charge in [0.1, 0.15) is 0 Å². The molecule has 0 bridgehead atoms. The van der Waals surface area contributed by atoms with Gasteiger partial charge in [-0.3, -0.25) is 0 Å². The minimum atomic E-state index is -0.831. The summed E-state index contributed by atoms with van der Waals surface area (Å²) in [5.74, 6) is 0.189. The van der Waals surface area contributed by atoms with E-state index in [0.717, 1.165) is 12.0 Å². The van der Waals surface area contributed by atoms with Crippen molar-refractivity contribution in [3.05, 3.63) is 48.0 Å². The van der Waals surface area contributed by atoms with Crippen molar-refractivity contribution in [1.29, 1.82) is 0 Å². The van der Waals surface area contributed by atoms with E-state index in [2.05, 4.69) is 24.1 Å². The summed E-state index contributed by atoms with van der Waals surface area (Å²) >= 11 is 0. The highest BCUT2D eigenvalue weighted by Gasteiger charge is 2.45. The number of ether oxygens (including phenoxy) is 1. The molecular formula is C22H31NO2. The van der Waals surface area contributed by atoms with Crippen molar-refractivity contribution in [2.75, 3.05) is 0 Å². The molecule has 3 nitrogen and oxygen atoms in total. The summed E-state index contributed by atoms with van der Waals surface area (Å²) in [6.45, 7) is 6.14. The summed E-state index contributed by atoms with van der Waals surface area (Å²) < 4.78 is 5.44. The van der Waals surface area contributed by atoms with Crippen LogP contribution in [-0.4, -0.2) is 17.4 Å². The SMILES string of the molecule is CCCCCCCC/C=C/C(C)[C@@]1(C)N=C(c2ccccc2)OC1=O. The van der Waals surface area contributed by atoms with Crippen molar-refractivity contribution in [1.82, 2.24) is 0 Å². The van der Waals surface area contributed by atoms with Gasteiger partial charge in [-0.1, -0.05) is 76.3 Å². The minimum Gasteiger partial charge on any atom is -0.405 e. The van der Waals surface area contributed by atoms with E-state index in [1.165, 1.54) is 38.5 Å². The second-order valence-corrected chi connectivity index (χ2v) is 7.09. The van der Waals surface area contributed by atoms with Gasteiger partial charge < -0.3 is 4.74 Å². The Morgan fingerprint density at radius 1 is 1.12 bits per heavy atom. The molecule has 0 saturated carbocycles. The van der Waals surface area contributed by atoms with Crippen molar-refractivity contribution in [3.8, 4) is 0 Å². The Balaban J connectivity index is 1.87. The Hall–Kier alpha value is -1.90. The number of hydrogen-bond donors (Lipinski definition) is 0. The van der Waals surface area contributed by atoms with E-state index >= 15 is 0 Å². The molecule has 0 radical (unpaired) electrons. The molecule has 0 aliphatic carbocycles. The number of cyclic esters (lactones) is 1. The molecule has 1 aromatic carbocycles. The molecule has 3 heteroatoms. The molecule has 0 saturated heterocycles. The lowest BCUT2D eigenvalue weighted by Crippen LogP contribution is -2.36. The fourth-order valence-corrected chi connectivity index (χ4v) is 2.99. The van der Waals surface area contributed by atoms with Crippen LogP contribution in [0.25, 0.3) is 0 Å². The quantitative estimate of drug-likeness (QED) is 0.311. The second-order valence-electron chi connectivity index (χ2n) is 7.09. The van der Waals surface area contributed by atoms with E-state index in [1.807, 2.05) is 44.2 Å². The topological polar surface area (TPSA) is 38.7 Å². The van der Waals surface area contributed by atoms with Crippen molar-refractivity contribution in [2.45, 2.75) is 71.3 Å². The van der Waals surface area contributed by atoms with Crippen LogP contribution in [0.5, 0.6) is 0 Å². The molecule has 0 aromatic heterocycles. The average Bonchev–Trinajstić information content (AvgIpc) is 2.94. The number of rotatable bonds is 10. The van der Waals surface area contributed by atoms with Crippen molar-refractivity contribution in [3.63, 3.8) is 0 Å². The maximum atomic E-state index is 12.4. The summed E-state index contributed by atoms with van der Waals surface area (Å²) in [5, 5.41) is 0. The normalized spacial score (nSPS) is 21.4. The van der Waals surface area contributed by atoms with E-state index < -0.39 is 5.54 Å². The van der Waals surface area contributed by atoms with Gasteiger partial charge in [0.05, 0.1) is 0 Å². The molecule has 0 amide bonds. The molecule has 0 spiro atoms. The van der Waals surface area contributed by atoms with Crippen molar-refractivity contribution >= 4 is 11.9 Å². The average molecular weight is 341 g/mol. The maximum Gasteiger partial charge on any atom is 0.341 e. The van der Waals surface area contributed by atoms with E-state index in [-0.39, 0.29) is 11.9 Å². The molecule has 0 fully saturated rings. The first-order valence-electron chi connectivity index (χ1n) is 9.62. The van der Waals surface area contributed by atoms with Crippen LogP contribution in [0, 0.1) is 5.92 Å². The summed E-state index contributed by atoms with van der Waals surface area (Å²) in [4.78, 5) is 17.0. The zero-order valence-electron chi connectivity index (χ0n) is 15.8. The van der Waals surface area contributed by atoms with Gasteiger partial charge in [-0.25, -0.2) is 9.79 Å². The maximum absolute atomic E-state index is 12.4. The van der Waals surface area contributed by atoms with Crippen LogP contribution in [0.15, 0.2) is 47.5 Å². The molecule has 2 atom stereocenters. The third kappa shape index (κ3) is 5.29. The van der Waals surface area contributed by atoms with Gasteiger partial charge in [-0.15, -0.1) is 0 Å². The van der Waals surface area contributed by atoms with Crippen LogP contribution in [0.2, 0.25) is 0 Å². The number of benzene rings is 1. The van der Waals surface area contributed by atoms with Gasteiger partial charge in [0.2, 0.25) is 5.90 Å². The molecule has 1 aromatic rings. The first-order valence-corrected chi connectivity index (χ1v) is 9.62. The van der Waals surface area contributed by atoms with Crippen LogP contribution >= 0.6 is 0 Å². The summed E-state index contributed by atoms with van der Waals surface area (Å²) in [7, 11) is 0. The number of esters is 1. The monoisotopic (exact) mass is 341 g/mol. The van der Waals surface area contributed by atoms with Gasteiger partial charge in [-0.2, -0.15) is 0 Å². The fourth-order valence-electron chi connectivity index (χ4n) is 2.99. The molecule has 2 rings (SSSR count). The number of hydrogen-bond acceptors (Lipinski definition) is 3. The second kappa shape index (κ2) is 9.55. The number of aliphatic imine (C=N–C) groups is 1. The highest BCUT2D eigenvalue weighted by molar-refractivity contribution is 6.07. The molecule has 1 unspecified atom stereocenters. The lowest BCUT2D eigenvalue weighted by atomic mass is 9.87. The zero-order valence-corrected chi connectivity index (χ0v) is 15.8. The Labute approximate surface area is 152 Å². The lowest BCUT2D eigenvalue weighted by molar-refractivity contribution is -0.139. The first-order chi connectivity index (χ1) is 12.1. The molecule has 25 heavy (non-hydrogen) atoms. The fraction of sp³-hybridized carbons (Fsp3) is 0.545. The third-order valence-corrected chi connectivity index (χ3v) is 4.99. The Kier molecular flexibility index (Phi) is 7.42. The Morgan fingerprint density at radius 3 is 2.52 bits per heavy atom. The Morgan fingerprint density at radius 2 is 1.80 bits per heavy atom. The van der Waals surface area contributed by atoms with Gasteiger partial charge >= 0.3 is 5.97 Å². The number of unbranched alkanes of at least 4 members (excludes halogenated alkanes) is 6. The summed E-state index contributed by atoms with van der Waals surface area (Å²) in [6, 6.07) is 9.61. The van der Waals surface area contributed by atoms with Gasteiger partial charge in [-0.05, 0) is 31.9 Å². The highest BCUT2D eigenvalue weighted by atomic mass is 16.6. The van der Waals surface area contributed by atoms with Crippen LogP contribution in [-0.2, 0) is 9.53 Å². The first kappa shape index (κ1) is 19.4. The van der Waals surface area contributed by atoms with Gasteiger partial charge in [0.25, 0.3) is 0 Å². The third-order valence-electron chi connectivity index (χ3n) is 4.99. The smallest absolute Gasteiger partial charge is 0.341 e. The van der Waals surface area contributed by atoms with Gasteiger partial charge in [0.15, 0.2) is 5.54 Å². The lowest BCUT2D eigenvalue weighted by Gasteiger charge is -2.21. The Bertz CT molecular complexity index is 606. The predicted octanol–water partition coefficient (Wildman–Crippen LogP) is 5.69. The number of nitrogens with zero attached hydrogens (tertiary/aromatic N) is 1. The van der Waals surface area contributed by atoms with E-state index in [4.69, 9.17) is 4.74 Å². The van der Waals surface area contributed by atoms with Gasteiger partial charge in [0, 0.05) is 11.5 Å². The van der Waals surface area contributed by atoms with Crippen LogP contribution in [0.3, 0.4) is 0 Å². The largest absolute Gasteiger partial charge is 0.405 e. The summed E-state index contributed by atoms with van der Waals surface area (Å²) in [5.41, 5.74) is 0.0193. The number of allylic oxidation sites excluding steroid dienone is 1. The van der Waals surface area contributed by atoms with E-state index in [0.29, 0.717) is 5.90 Å². The zero-order chi connectivity index (χ0) is 18.1. The number of carbonyl (C=O) groups is 1. The summed E-state index contributed by atoms with van der Waals surface area (Å²) in [6.07, 6.45) is 13.2. The van der Waals surface area contributed by atoms with Crippen LogP contribution < -0.4 is 0 Å². The van der Waals surface area contributed by atoms with E-state index in [1.54, 1.807) is 0 Å². The van der Waals surface area contributed by atoms with Crippen LogP contribution in [0.1, 0.15) is 71.3 Å². The predicted molar refractivity (Wildman–Crippen MR) is 104 cm³/mol.